The molecule has 2 aromatic rings. The van der Waals surface area contributed by atoms with Crippen molar-refractivity contribution in [2.75, 3.05) is 6.54 Å². The van der Waals surface area contributed by atoms with E-state index in [1.165, 1.54) is 0 Å². The SMILES string of the molecule is CC(C)Sc1nnc(CN2CCCC2=O)n1-c1ccccn1. The molecule has 0 atom stereocenters. The van der Waals surface area contributed by atoms with Crippen molar-refractivity contribution < 1.29 is 4.79 Å². The summed E-state index contributed by atoms with van der Waals surface area (Å²) in [5.41, 5.74) is 0. The predicted molar refractivity (Wildman–Crippen MR) is 84.8 cm³/mol. The second kappa shape index (κ2) is 6.48. The van der Waals surface area contributed by atoms with Crippen molar-refractivity contribution in [2.24, 2.45) is 0 Å². The van der Waals surface area contributed by atoms with Gasteiger partial charge in [-0.3, -0.25) is 9.36 Å². The molecule has 0 N–H and O–H groups in total. The molecule has 0 bridgehead atoms. The van der Waals surface area contributed by atoms with Crippen molar-refractivity contribution >= 4 is 17.7 Å². The Morgan fingerprint density at radius 2 is 2.18 bits per heavy atom. The lowest BCUT2D eigenvalue weighted by Crippen LogP contribution is -2.25. The summed E-state index contributed by atoms with van der Waals surface area (Å²) in [7, 11) is 0. The molecule has 0 saturated carbocycles. The molecule has 7 heteroatoms. The van der Waals surface area contributed by atoms with Crippen LogP contribution in [0, 0.1) is 0 Å². The van der Waals surface area contributed by atoms with E-state index in [2.05, 4.69) is 29.0 Å². The van der Waals surface area contributed by atoms with E-state index in [9.17, 15) is 4.79 Å². The van der Waals surface area contributed by atoms with Crippen LogP contribution in [-0.4, -0.2) is 42.4 Å². The van der Waals surface area contributed by atoms with E-state index >= 15 is 0 Å². The molecular formula is C15H19N5OS. The number of amides is 1. The van der Waals surface area contributed by atoms with Crippen molar-refractivity contribution in [3.05, 3.63) is 30.2 Å². The van der Waals surface area contributed by atoms with E-state index in [1.54, 1.807) is 18.0 Å². The fourth-order valence-corrected chi connectivity index (χ4v) is 3.26. The van der Waals surface area contributed by atoms with Crippen LogP contribution < -0.4 is 0 Å². The van der Waals surface area contributed by atoms with Gasteiger partial charge in [0.05, 0.1) is 6.54 Å². The number of aromatic nitrogens is 4. The molecule has 1 aliphatic rings. The van der Waals surface area contributed by atoms with Crippen LogP contribution in [0.5, 0.6) is 0 Å². The van der Waals surface area contributed by atoms with E-state index in [4.69, 9.17) is 0 Å². The first-order chi connectivity index (χ1) is 10.6. The topological polar surface area (TPSA) is 63.9 Å². The lowest BCUT2D eigenvalue weighted by molar-refractivity contribution is -0.128. The lowest BCUT2D eigenvalue weighted by Gasteiger charge is -2.16. The van der Waals surface area contributed by atoms with Crippen LogP contribution in [0.3, 0.4) is 0 Å². The standard InChI is InChI=1S/C15H19N5OS/c1-11(2)22-15-18-17-13(10-19-9-5-7-14(19)21)20(15)12-6-3-4-8-16-12/h3-4,6,8,11H,5,7,9-10H2,1-2H3. The lowest BCUT2D eigenvalue weighted by atomic mass is 10.4. The van der Waals surface area contributed by atoms with E-state index in [0.717, 1.165) is 29.8 Å². The number of rotatable bonds is 5. The molecule has 116 valence electrons. The van der Waals surface area contributed by atoms with Crippen molar-refractivity contribution in [3.63, 3.8) is 0 Å². The second-order valence-corrected chi connectivity index (χ2v) is 7.05. The summed E-state index contributed by atoms with van der Waals surface area (Å²) in [6.07, 6.45) is 3.30. The first-order valence-electron chi connectivity index (χ1n) is 7.45. The molecule has 0 spiro atoms. The molecule has 3 heterocycles. The third-order valence-corrected chi connectivity index (χ3v) is 4.37. The number of nitrogens with zero attached hydrogens (tertiary/aromatic N) is 5. The van der Waals surface area contributed by atoms with Crippen LogP contribution in [0.25, 0.3) is 5.82 Å². The molecule has 6 nitrogen and oxygen atoms in total. The highest BCUT2D eigenvalue weighted by molar-refractivity contribution is 7.99. The van der Waals surface area contributed by atoms with Crippen LogP contribution >= 0.6 is 11.8 Å². The van der Waals surface area contributed by atoms with Gasteiger partial charge in [0, 0.05) is 24.4 Å². The van der Waals surface area contributed by atoms with Gasteiger partial charge in [-0.05, 0) is 18.6 Å². The minimum Gasteiger partial charge on any atom is -0.335 e. The van der Waals surface area contributed by atoms with Gasteiger partial charge in [-0.25, -0.2) is 4.98 Å². The average molecular weight is 317 g/mol. The minimum absolute atomic E-state index is 0.189. The first kappa shape index (κ1) is 15.0. The van der Waals surface area contributed by atoms with Crippen LogP contribution in [0.15, 0.2) is 29.6 Å². The molecule has 1 saturated heterocycles. The monoisotopic (exact) mass is 317 g/mol. The van der Waals surface area contributed by atoms with Crippen LogP contribution in [0.2, 0.25) is 0 Å². The molecule has 2 aromatic heterocycles. The van der Waals surface area contributed by atoms with Gasteiger partial charge in [-0.1, -0.05) is 31.7 Å². The predicted octanol–water partition coefficient (Wildman–Crippen LogP) is 2.29. The summed E-state index contributed by atoms with van der Waals surface area (Å²) < 4.78 is 1.95. The van der Waals surface area contributed by atoms with Gasteiger partial charge in [0.1, 0.15) is 5.82 Å². The summed E-state index contributed by atoms with van der Waals surface area (Å²) in [5, 5.41) is 9.81. The summed E-state index contributed by atoms with van der Waals surface area (Å²) in [6, 6.07) is 5.76. The molecule has 1 fully saturated rings. The number of pyridine rings is 1. The Labute approximate surface area is 133 Å². The summed E-state index contributed by atoms with van der Waals surface area (Å²) >= 11 is 1.65. The fraction of sp³-hybridized carbons (Fsp3) is 0.467. The Bertz CT molecular complexity index is 655. The van der Waals surface area contributed by atoms with Gasteiger partial charge in [0.15, 0.2) is 11.0 Å². The number of likely N-dealkylation sites (tertiary alicyclic amines) is 1. The maximum atomic E-state index is 11.9. The molecule has 0 aliphatic carbocycles. The van der Waals surface area contributed by atoms with Gasteiger partial charge >= 0.3 is 0 Å². The first-order valence-corrected chi connectivity index (χ1v) is 8.33. The number of carbonyl (C=O) groups is 1. The highest BCUT2D eigenvalue weighted by Crippen LogP contribution is 2.25. The van der Waals surface area contributed by atoms with Crippen molar-refractivity contribution in [1.29, 1.82) is 0 Å². The molecule has 22 heavy (non-hydrogen) atoms. The number of hydrogen-bond donors (Lipinski definition) is 0. The second-order valence-electron chi connectivity index (χ2n) is 5.51. The van der Waals surface area contributed by atoms with E-state index < -0.39 is 0 Å². The van der Waals surface area contributed by atoms with Crippen molar-refractivity contribution in [3.8, 4) is 5.82 Å². The maximum Gasteiger partial charge on any atom is 0.223 e. The van der Waals surface area contributed by atoms with Gasteiger partial charge in [-0.2, -0.15) is 0 Å². The normalized spacial score (nSPS) is 15.0. The van der Waals surface area contributed by atoms with Crippen molar-refractivity contribution in [2.45, 2.75) is 43.6 Å². The van der Waals surface area contributed by atoms with E-state index in [1.807, 2.05) is 27.7 Å². The Balaban J connectivity index is 1.95. The van der Waals surface area contributed by atoms with Crippen LogP contribution in [0.4, 0.5) is 0 Å². The van der Waals surface area contributed by atoms with Gasteiger partial charge < -0.3 is 4.90 Å². The smallest absolute Gasteiger partial charge is 0.223 e. The van der Waals surface area contributed by atoms with E-state index in [0.29, 0.717) is 18.2 Å². The average Bonchev–Trinajstić information content (AvgIpc) is 3.07. The number of carbonyl (C=O) groups excluding carboxylic acids is 1. The largest absolute Gasteiger partial charge is 0.335 e. The third kappa shape index (κ3) is 3.14. The Morgan fingerprint density at radius 1 is 1.32 bits per heavy atom. The summed E-state index contributed by atoms with van der Waals surface area (Å²) in [6.45, 7) is 5.51. The van der Waals surface area contributed by atoms with Gasteiger partial charge in [0.2, 0.25) is 5.91 Å². The molecule has 0 unspecified atom stereocenters. The number of hydrogen-bond acceptors (Lipinski definition) is 5. The molecule has 1 amide bonds. The maximum absolute atomic E-state index is 11.9. The fourth-order valence-electron chi connectivity index (χ4n) is 2.45. The summed E-state index contributed by atoms with van der Waals surface area (Å²) in [5.74, 6) is 1.74. The zero-order valence-electron chi connectivity index (χ0n) is 12.8. The Kier molecular flexibility index (Phi) is 4.42. The molecular weight excluding hydrogens is 298 g/mol. The summed E-state index contributed by atoms with van der Waals surface area (Å²) in [4.78, 5) is 18.1. The minimum atomic E-state index is 0.189. The van der Waals surface area contributed by atoms with E-state index in [-0.39, 0.29) is 5.91 Å². The van der Waals surface area contributed by atoms with Crippen molar-refractivity contribution in [1.82, 2.24) is 24.6 Å². The molecule has 3 rings (SSSR count). The zero-order valence-corrected chi connectivity index (χ0v) is 13.6. The van der Waals surface area contributed by atoms with Gasteiger partial charge in [-0.15, -0.1) is 10.2 Å². The molecule has 1 aliphatic heterocycles. The Morgan fingerprint density at radius 3 is 2.82 bits per heavy atom. The number of thioether (sulfide) groups is 1. The van der Waals surface area contributed by atoms with Crippen LogP contribution in [-0.2, 0) is 11.3 Å². The zero-order chi connectivity index (χ0) is 15.5. The van der Waals surface area contributed by atoms with Crippen LogP contribution in [0.1, 0.15) is 32.5 Å². The highest BCUT2D eigenvalue weighted by Gasteiger charge is 2.24. The third-order valence-electron chi connectivity index (χ3n) is 3.42. The Hall–Kier alpha value is -1.89. The quantitative estimate of drug-likeness (QED) is 0.792. The molecule has 0 radical (unpaired) electrons. The molecule has 0 aromatic carbocycles. The van der Waals surface area contributed by atoms with Gasteiger partial charge in [0.25, 0.3) is 0 Å². The highest BCUT2D eigenvalue weighted by atomic mass is 32.2.